The lowest BCUT2D eigenvalue weighted by Gasteiger charge is -2.27. The first-order valence-electron chi connectivity index (χ1n) is 9.74. The largest absolute Gasteiger partial charge is 0.534 e. The molecule has 0 aromatic heterocycles. The number of alkyl halides is 3. The average Bonchev–Trinajstić information content (AvgIpc) is 2.62. The van der Waals surface area contributed by atoms with E-state index in [0.717, 1.165) is 50.5 Å². The summed E-state index contributed by atoms with van der Waals surface area (Å²) in [6.45, 7) is 2.15. The van der Waals surface area contributed by atoms with Gasteiger partial charge in [-0.2, -0.15) is 21.6 Å². The van der Waals surface area contributed by atoms with Crippen LogP contribution in [0.25, 0.3) is 0 Å². The third-order valence-corrected chi connectivity index (χ3v) is 6.26. The van der Waals surface area contributed by atoms with Crippen molar-refractivity contribution in [3.05, 3.63) is 29.8 Å². The molecule has 1 aliphatic rings. The van der Waals surface area contributed by atoms with E-state index in [1.807, 2.05) is 0 Å². The predicted octanol–water partition coefficient (Wildman–Crippen LogP) is 5.41. The lowest BCUT2D eigenvalue weighted by atomic mass is 9.77. The molecule has 0 N–H and O–H groups in total. The Bertz CT molecular complexity index is 742. The average molecular weight is 420 g/mol. The smallest absolute Gasteiger partial charge is 0.376 e. The highest BCUT2D eigenvalue weighted by Crippen LogP contribution is 2.32. The summed E-state index contributed by atoms with van der Waals surface area (Å²) in [5.74, 6) is 0.517. The fraction of sp³-hybridized carbons (Fsp3) is 0.650. The van der Waals surface area contributed by atoms with Crippen LogP contribution >= 0.6 is 0 Å². The molecule has 0 bridgehead atoms. The van der Waals surface area contributed by atoms with E-state index in [0.29, 0.717) is 24.5 Å². The van der Waals surface area contributed by atoms with Gasteiger partial charge in [0.25, 0.3) is 0 Å². The molecule has 0 aliphatic heterocycles. The molecular formula is C20H27F3O4S. The van der Waals surface area contributed by atoms with Crippen molar-refractivity contribution in [3.63, 3.8) is 0 Å². The molecule has 0 amide bonds. The summed E-state index contributed by atoms with van der Waals surface area (Å²) in [5.41, 5.74) is -4.58. The molecule has 28 heavy (non-hydrogen) atoms. The first-order chi connectivity index (χ1) is 13.1. The number of unbranched alkanes of at least 4 members (excludes halogenated alkanes) is 2. The molecule has 1 aromatic carbocycles. The van der Waals surface area contributed by atoms with Crippen LogP contribution in [-0.2, 0) is 21.3 Å². The van der Waals surface area contributed by atoms with Gasteiger partial charge in [-0.25, -0.2) is 0 Å². The zero-order valence-electron chi connectivity index (χ0n) is 16.0. The predicted molar refractivity (Wildman–Crippen MR) is 100 cm³/mol. The number of halogens is 3. The molecule has 1 aromatic rings. The summed E-state index contributed by atoms with van der Waals surface area (Å²) in [5, 5.41) is 0. The van der Waals surface area contributed by atoms with Crippen LogP contribution in [0.15, 0.2) is 24.3 Å². The highest BCUT2D eigenvalue weighted by Gasteiger charge is 2.48. The van der Waals surface area contributed by atoms with Gasteiger partial charge in [0.1, 0.15) is 11.5 Å². The lowest BCUT2D eigenvalue weighted by molar-refractivity contribution is -0.126. The van der Waals surface area contributed by atoms with Crippen molar-refractivity contribution < 1.29 is 30.6 Å². The van der Waals surface area contributed by atoms with Crippen LogP contribution in [0.2, 0.25) is 0 Å². The van der Waals surface area contributed by atoms with Crippen molar-refractivity contribution in [1.29, 1.82) is 0 Å². The number of Topliss-reactive ketones (excluding diaryl/α,β-unsaturated/α-hetero) is 1. The zero-order chi connectivity index (χ0) is 20.8. The number of ketones is 1. The fourth-order valence-electron chi connectivity index (χ4n) is 3.60. The third-order valence-electron chi connectivity index (χ3n) is 5.28. The standard InChI is InChI=1S/C20H27F3O4S/c1-2-3-4-5-17-11-8-16(14-19(17)24)7-6-15-9-12-18(13-10-15)27-28(25,26)20(21,22)23/h9-10,12-13,16-17H,2-8,11,14H2,1H3. The molecule has 8 heteroatoms. The number of hydrogen-bond acceptors (Lipinski definition) is 4. The van der Waals surface area contributed by atoms with Crippen LogP contribution in [-0.4, -0.2) is 19.7 Å². The Hall–Kier alpha value is -1.57. The molecule has 0 saturated heterocycles. The normalized spacial score (nSPS) is 20.9. The van der Waals surface area contributed by atoms with E-state index in [1.54, 1.807) is 12.1 Å². The van der Waals surface area contributed by atoms with E-state index in [2.05, 4.69) is 11.1 Å². The van der Waals surface area contributed by atoms with Crippen LogP contribution in [0.4, 0.5) is 13.2 Å². The van der Waals surface area contributed by atoms with Crippen molar-refractivity contribution in [1.82, 2.24) is 0 Å². The quantitative estimate of drug-likeness (QED) is 0.304. The van der Waals surface area contributed by atoms with Gasteiger partial charge in [-0.15, -0.1) is 0 Å². The summed E-state index contributed by atoms with van der Waals surface area (Å²) in [4.78, 5) is 12.3. The molecular weight excluding hydrogens is 393 g/mol. The van der Waals surface area contributed by atoms with Crippen LogP contribution in [0.5, 0.6) is 5.75 Å². The Kier molecular flexibility index (Phi) is 7.92. The van der Waals surface area contributed by atoms with Crippen molar-refractivity contribution in [2.75, 3.05) is 0 Å². The third kappa shape index (κ3) is 6.50. The summed E-state index contributed by atoms with van der Waals surface area (Å²) in [7, 11) is -5.65. The van der Waals surface area contributed by atoms with E-state index in [4.69, 9.17) is 0 Å². The number of hydrogen-bond donors (Lipinski definition) is 0. The van der Waals surface area contributed by atoms with E-state index >= 15 is 0 Å². The van der Waals surface area contributed by atoms with Gasteiger partial charge in [0.2, 0.25) is 0 Å². The molecule has 2 rings (SSSR count). The van der Waals surface area contributed by atoms with Crippen LogP contribution in [0.3, 0.4) is 0 Å². The second kappa shape index (κ2) is 9.76. The Labute approximate surface area is 164 Å². The molecule has 1 saturated carbocycles. The van der Waals surface area contributed by atoms with Gasteiger partial charge in [-0.1, -0.05) is 38.3 Å². The molecule has 0 heterocycles. The SMILES string of the molecule is CCCCCC1CCC(CCc2ccc(OS(=O)(=O)C(F)(F)F)cc2)CC1=O. The van der Waals surface area contributed by atoms with Gasteiger partial charge in [0.05, 0.1) is 0 Å². The Morgan fingerprint density at radius 3 is 2.32 bits per heavy atom. The fourth-order valence-corrected chi connectivity index (χ4v) is 4.06. The highest BCUT2D eigenvalue weighted by atomic mass is 32.2. The van der Waals surface area contributed by atoms with Crippen LogP contribution in [0, 0.1) is 11.8 Å². The second-order valence-electron chi connectivity index (χ2n) is 7.47. The Balaban J connectivity index is 1.80. The van der Waals surface area contributed by atoms with Crippen LogP contribution in [0.1, 0.15) is 63.9 Å². The molecule has 2 unspecified atom stereocenters. The zero-order valence-corrected chi connectivity index (χ0v) is 16.8. The molecule has 2 atom stereocenters. The van der Waals surface area contributed by atoms with Crippen molar-refractivity contribution in [2.24, 2.45) is 11.8 Å². The Morgan fingerprint density at radius 2 is 1.75 bits per heavy atom. The number of carbonyl (C=O) groups excluding carboxylic acids is 1. The minimum absolute atomic E-state index is 0.204. The Morgan fingerprint density at radius 1 is 1.07 bits per heavy atom. The monoisotopic (exact) mass is 420 g/mol. The molecule has 1 aliphatic carbocycles. The lowest BCUT2D eigenvalue weighted by Crippen LogP contribution is -2.28. The minimum Gasteiger partial charge on any atom is -0.376 e. The molecule has 4 nitrogen and oxygen atoms in total. The summed E-state index contributed by atoms with van der Waals surface area (Å²) >= 11 is 0. The molecule has 1 fully saturated rings. The van der Waals surface area contributed by atoms with Crippen molar-refractivity contribution in [3.8, 4) is 5.75 Å². The number of aryl methyl sites for hydroxylation is 1. The maximum Gasteiger partial charge on any atom is 0.534 e. The second-order valence-corrected chi connectivity index (χ2v) is 9.01. The van der Waals surface area contributed by atoms with E-state index < -0.39 is 15.6 Å². The van der Waals surface area contributed by atoms with Gasteiger partial charge in [0.15, 0.2) is 0 Å². The highest BCUT2D eigenvalue weighted by molar-refractivity contribution is 7.88. The summed E-state index contributed by atoms with van der Waals surface area (Å²) in [6, 6.07) is 5.54. The molecule has 0 spiro atoms. The topological polar surface area (TPSA) is 60.4 Å². The van der Waals surface area contributed by atoms with E-state index in [9.17, 15) is 26.4 Å². The van der Waals surface area contributed by atoms with E-state index in [1.165, 1.54) is 12.1 Å². The van der Waals surface area contributed by atoms with Gasteiger partial charge in [0, 0.05) is 12.3 Å². The summed E-state index contributed by atoms with van der Waals surface area (Å²) < 4.78 is 63.1. The number of rotatable bonds is 9. The maximum absolute atomic E-state index is 12.3. The van der Waals surface area contributed by atoms with Gasteiger partial charge in [-0.05, 0) is 55.7 Å². The first-order valence-corrected chi connectivity index (χ1v) is 11.2. The summed E-state index contributed by atoms with van der Waals surface area (Å²) in [6.07, 6.45) is 8.48. The van der Waals surface area contributed by atoms with E-state index in [-0.39, 0.29) is 11.7 Å². The molecule has 0 radical (unpaired) electrons. The minimum atomic E-state index is -5.65. The van der Waals surface area contributed by atoms with Crippen molar-refractivity contribution >= 4 is 15.9 Å². The molecule has 158 valence electrons. The number of carbonyl (C=O) groups is 1. The van der Waals surface area contributed by atoms with Crippen molar-refractivity contribution in [2.45, 2.75) is 70.2 Å². The van der Waals surface area contributed by atoms with Gasteiger partial charge < -0.3 is 4.18 Å². The van der Waals surface area contributed by atoms with Gasteiger partial charge >= 0.3 is 15.6 Å². The van der Waals surface area contributed by atoms with Crippen LogP contribution < -0.4 is 4.18 Å². The first kappa shape index (κ1) is 22.7. The number of benzene rings is 1. The van der Waals surface area contributed by atoms with Gasteiger partial charge in [-0.3, -0.25) is 4.79 Å². The maximum atomic E-state index is 12.3.